The lowest BCUT2D eigenvalue weighted by Gasteiger charge is -2.20. The van der Waals surface area contributed by atoms with Gasteiger partial charge in [0.1, 0.15) is 0 Å². The number of nitrogens with zero attached hydrogens (tertiary/aromatic N) is 2. The van der Waals surface area contributed by atoms with E-state index in [1.165, 1.54) is 12.1 Å². The van der Waals surface area contributed by atoms with E-state index >= 15 is 0 Å². The van der Waals surface area contributed by atoms with Gasteiger partial charge < -0.3 is 5.32 Å². The van der Waals surface area contributed by atoms with Crippen LogP contribution < -0.4 is 5.32 Å². The molecule has 0 bridgehead atoms. The van der Waals surface area contributed by atoms with E-state index in [2.05, 4.69) is 41.2 Å². The highest BCUT2D eigenvalue weighted by molar-refractivity contribution is 5.09. The lowest BCUT2D eigenvalue weighted by Crippen LogP contribution is -2.27. The van der Waals surface area contributed by atoms with Gasteiger partial charge >= 0.3 is 0 Å². The van der Waals surface area contributed by atoms with Gasteiger partial charge in [-0.1, -0.05) is 19.9 Å². The van der Waals surface area contributed by atoms with E-state index in [0.29, 0.717) is 0 Å². The van der Waals surface area contributed by atoms with Gasteiger partial charge in [0.2, 0.25) is 0 Å². The number of aromatic nitrogens is 1. The summed E-state index contributed by atoms with van der Waals surface area (Å²) in [6.45, 7) is 11.8. The van der Waals surface area contributed by atoms with Crippen LogP contribution in [0.25, 0.3) is 0 Å². The minimum atomic E-state index is 0.963. The van der Waals surface area contributed by atoms with Crippen LogP contribution in [0.15, 0.2) is 18.2 Å². The molecule has 0 amide bonds. The van der Waals surface area contributed by atoms with Crippen LogP contribution in [-0.4, -0.2) is 36.1 Å². The Kier molecular flexibility index (Phi) is 6.82. The predicted molar refractivity (Wildman–Crippen MR) is 73.1 cm³/mol. The number of aryl methyl sites for hydroxylation is 1. The van der Waals surface area contributed by atoms with Gasteiger partial charge in [0.05, 0.1) is 5.69 Å². The van der Waals surface area contributed by atoms with E-state index in [1.807, 2.05) is 13.0 Å². The van der Waals surface area contributed by atoms with Crippen molar-refractivity contribution in [2.75, 3.05) is 26.2 Å². The van der Waals surface area contributed by atoms with Crippen molar-refractivity contribution in [1.82, 2.24) is 15.2 Å². The molecule has 3 heteroatoms. The summed E-state index contributed by atoms with van der Waals surface area (Å²) in [7, 11) is 0. The molecule has 0 aliphatic heterocycles. The molecule has 0 aliphatic carbocycles. The zero-order valence-corrected chi connectivity index (χ0v) is 11.4. The molecule has 0 unspecified atom stereocenters. The van der Waals surface area contributed by atoms with Crippen molar-refractivity contribution in [1.29, 1.82) is 0 Å². The standard InChI is InChI=1S/C14H25N3/c1-4-15-10-7-11-17(5-2)12-14-9-6-8-13(3)16-14/h6,8-9,15H,4-5,7,10-12H2,1-3H3. The summed E-state index contributed by atoms with van der Waals surface area (Å²) in [5, 5.41) is 3.36. The summed E-state index contributed by atoms with van der Waals surface area (Å²) in [6.07, 6.45) is 1.20. The largest absolute Gasteiger partial charge is 0.317 e. The van der Waals surface area contributed by atoms with Crippen LogP contribution in [-0.2, 0) is 6.54 Å². The molecule has 0 spiro atoms. The molecule has 0 aliphatic rings. The highest BCUT2D eigenvalue weighted by atomic mass is 15.1. The molecule has 0 saturated heterocycles. The van der Waals surface area contributed by atoms with E-state index in [4.69, 9.17) is 0 Å². The fourth-order valence-corrected chi connectivity index (χ4v) is 1.87. The van der Waals surface area contributed by atoms with E-state index in [1.54, 1.807) is 0 Å². The molecule has 17 heavy (non-hydrogen) atoms. The van der Waals surface area contributed by atoms with Crippen molar-refractivity contribution in [2.24, 2.45) is 0 Å². The Morgan fingerprint density at radius 1 is 1.29 bits per heavy atom. The maximum atomic E-state index is 4.55. The SMILES string of the molecule is CCNCCCN(CC)Cc1cccc(C)n1. The minimum Gasteiger partial charge on any atom is -0.317 e. The first kappa shape index (κ1) is 14.1. The Hall–Kier alpha value is -0.930. The third kappa shape index (κ3) is 5.80. The second-order valence-corrected chi connectivity index (χ2v) is 4.35. The van der Waals surface area contributed by atoms with Crippen LogP contribution in [0.2, 0.25) is 0 Å². The average Bonchev–Trinajstić information content (AvgIpc) is 2.33. The first-order valence-electron chi connectivity index (χ1n) is 6.61. The third-order valence-corrected chi connectivity index (χ3v) is 2.86. The predicted octanol–water partition coefficient (Wildman–Crippen LogP) is 2.21. The zero-order chi connectivity index (χ0) is 12.5. The van der Waals surface area contributed by atoms with Gasteiger partial charge in [0.25, 0.3) is 0 Å². The number of nitrogens with one attached hydrogen (secondary N) is 1. The Morgan fingerprint density at radius 3 is 2.76 bits per heavy atom. The van der Waals surface area contributed by atoms with E-state index < -0.39 is 0 Å². The smallest absolute Gasteiger partial charge is 0.0547 e. The molecule has 0 radical (unpaired) electrons. The number of rotatable bonds is 8. The maximum Gasteiger partial charge on any atom is 0.0547 e. The second kappa shape index (κ2) is 8.20. The first-order chi connectivity index (χ1) is 8.26. The van der Waals surface area contributed by atoms with Crippen molar-refractivity contribution in [3.8, 4) is 0 Å². The van der Waals surface area contributed by atoms with E-state index in [9.17, 15) is 0 Å². The molecular formula is C14H25N3. The number of hydrogen-bond donors (Lipinski definition) is 1. The summed E-state index contributed by atoms with van der Waals surface area (Å²) < 4.78 is 0. The Balaban J connectivity index is 2.35. The molecule has 0 aromatic carbocycles. The first-order valence-corrected chi connectivity index (χ1v) is 6.61. The maximum absolute atomic E-state index is 4.55. The summed E-state index contributed by atoms with van der Waals surface area (Å²) in [5.41, 5.74) is 2.28. The fourth-order valence-electron chi connectivity index (χ4n) is 1.87. The molecule has 0 fully saturated rings. The topological polar surface area (TPSA) is 28.2 Å². The normalized spacial score (nSPS) is 11.1. The second-order valence-electron chi connectivity index (χ2n) is 4.35. The van der Waals surface area contributed by atoms with Gasteiger partial charge in [-0.15, -0.1) is 0 Å². The van der Waals surface area contributed by atoms with Crippen molar-refractivity contribution >= 4 is 0 Å². The van der Waals surface area contributed by atoms with Gasteiger partial charge in [-0.05, 0) is 51.7 Å². The lowest BCUT2D eigenvalue weighted by molar-refractivity contribution is 0.272. The van der Waals surface area contributed by atoms with Crippen molar-refractivity contribution in [3.05, 3.63) is 29.6 Å². The molecule has 1 rings (SSSR count). The quantitative estimate of drug-likeness (QED) is 0.700. The minimum absolute atomic E-state index is 0.963. The molecule has 1 aromatic heterocycles. The van der Waals surface area contributed by atoms with Crippen LogP contribution in [0.4, 0.5) is 0 Å². The number of hydrogen-bond acceptors (Lipinski definition) is 3. The van der Waals surface area contributed by atoms with Gasteiger partial charge in [0.15, 0.2) is 0 Å². The van der Waals surface area contributed by atoms with Gasteiger partial charge in [-0.25, -0.2) is 0 Å². The molecule has 0 atom stereocenters. The Bertz CT molecular complexity index is 312. The Morgan fingerprint density at radius 2 is 2.12 bits per heavy atom. The van der Waals surface area contributed by atoms with Gasteiger partial charge in [0, 0.05) is 12.2 Å². The third-order valence-electron chi connectivity index (χ3n) is 2.86. The van der Waals surface area contributed by atoms with Crippen LogP contribution >= 0.6 is 0 Å². The van der Waals surface area contributed by atoms with E-state index in [0.717, 1.165) is 38.4 Å². The molecule has 0 saturated carbocycles. The van der Waals surface area contributed by atoms with Gasteiger partial charge in [-0.2, -0.15) is 0 Å². The molecule has 1 N–H and O–H groups in total. The van der Waals surface area contributed by atoms with Crippen LogP contribution in [0.1, 0.15) is 31.7 Å². The lowest BCUT2D eigenvalue weighted by atomic mass is 10.3. The van der Waals surface area contributed by atoms with Crippen molar-refractivity contribution < 1.29 is 0 Å². The summed E-state index contributed by atoms with van der Waals surface area (Å²) in [6, 6.07) is 6.25. The van der Waals surface area contributed by atoms with Crippen LogP contribution in [0, 0.1) is 6.92 Å². The zero-order valence-electron chi connectivity index (χ0n) is 11.4. The molecule has 1 heterocycles. The highest BCUT2D eigenvalue weighted by Crippen LogP contribution is 2.03. The molecule has 96 valence electrons. The van der Waals surface area contributed by atoms with E-state index in [-0.39, 0.29) is 0 Å². The number of pyridine rings is 1. The summed E-state index contributed by atoms with van der Waals surface area (Å²) >= 11 is 0. The van der Waals surface area contributed by atoms with Crippen molar-refractivity contribution in [3.63, 3.8) is 0 Å². The van der Waals surface area contributed by atoms with Crippen molar-refractivity contribution in [2.45, 2.75) is 33.7 Å². The monoisotopic (exact) mass is 235 g/mol. The summed E-state index contributed by atoms with van der Waals surface area (Å²) in [5.74, 6) is 0. The van der Waals surface area contributed by atoms with Crippen LogP contribution in [0.5, 0.6) is 0 Å². The molecule has 1 aromatic rings. The average molecular weight is 235 g/mol. The summed E-state index contributed by atoms with van der Waals surface area (Å²) in [4.78, 5) is 6.99. The van der Waals surface area contributed by atoms with Gasteiger partial charge in [-0.3, -0.25) is 9.88 Å². The van der Waals surface area contributed by atoms with Crippen LogP contribution in [0.3, 0.4) is 0 Å². The fraction of sp³-hybridized carbons (Fsp3) is 0.643. The Labute approximate surface area is 105 Å². The molecular weight excluding hydrogens is 210 g/mol. The molecule has 3 nitrogen and oxygen atoms in total. The highest BCUT2D eigenvalue weighted by Gasteiger charge is 2.04.